The summed E-state index contributed by atoms with van der Waals surface area (Å²) in [6.45, 7) is 1.82. The van der Waals surface area contributed by atoms with Gasteiger partial charge in [-0.25, -0.2) is 36.9 Å². The number of imidazole rings is 1. The van der Waals surface area contributed by atoms with E-state index in [1.165, 1.54) is 7.11 Å². The highest BCUT2D eigenvalue weighted by molar-refractivity contribution is 7.92. The first kappa shape index (κ1) is 25.5. The Morgan fingerprint density at radius 3 is 2.69 bits per heavy atom. The van der Waals surface area contributed by atoms with E-state index in [0.29, 0.717) is 35.9 Å². The molecule has 2 aromatic heterocycles. The number of aromatic amines is 1. The summed E-state index contributed by atoms with van der Waals surface area (Å²) in [5, 5.41) is 2.67. The second-order valence-electron chi connectivity index (χ2n) is 8.74. The minimum Gasteiger partial charge on any atom is -0.453 e. The summed E-state index contributed by atoms with van der Waals surface area (Å²) in [5.74, 6) is -0.492. The van der Waals surface area contributed by atoms with Crippen molar-refractivity contribution >= 4 is 21.8 Å². The number of hydrogen-bond acceptors (Lipinski definition) is 7. The van der Waals surface area contributed by atoms with Crippen molar-refractivity contribution in [1.29, 1.82) is 0 Å². The van der Waals surface area contributed by atoms with E-state index in [4.69, 9.17) is 0 Å². The summed E-state index contributed by atoms with van der Waals surface area (Å²) >= 11 is 0. The van der Waals surface area contributed by atoms with Crippen LogP contribution in [-0.4, -0.2) is 53.9 Å². The number of nitrogens with zero attached hydrogens (tertiary/aromatic N) is 3. The maximum Gasteiger partial charge on any atom is 0.407 e. The highest BCUT2D eigenvalue weighted by Crippen LogP contribution is 2.42. The van der Waals surface area contributed by atoms with Crippen LogP contribution in [0.4, 0.5) is 19.3 Å². The number of benzene rings is 1. The Morgan fingerprint density at radius 1 is 1.28 bits per heavy atom. The number of aromatic nitrogens is 4. The van der Waals surface area contributed by atoms with Gasteiger partial charge in [-0.3, -0.25) is 4.72 Å². The van der Waals surface area contributed by atoms with Crippen LogP contribution in [0, 0.1) is 11.6 Å². The molecular weight excluding hydrogens is 494 g/mol. The van der Waals surface area contributed by atoms with Crippen molar-refractivity contribution < 1.29 is 26.7 Å². The fourth-order valence-corrected chi connectivity index (χ4v) is 4.24. The summed E-state index contributed by atoms with van der Waals surface area (Å²) in [5.41, 5.74) is 0.205. The quantitative estimate of drug-likeness (QED) is 0.391. The molecule has 1 fully saturated rings. The number of rotatable bonds is 9. The van der Waals surface area contributed by atoms with Gasteiger partial charge in [0.05, 0.1) is 30.4 Å². The van der Waals surface area contributed by atoms with Crippen LogP contribution in [-0.2, 0) is 21.2 Å². The molecule has 0 bridgehead atoms. The third kappa shape index (κ3) is 6.14. The number of amides is 1. The number of H-pyrrole nitrogens is 1. The molecule has 0 radical (unpaired) electrons. The number of halogens is 2. The number of aryl methyl sites for hydroxylation is 1. The molecule has 1 atom stereocenters. The Bertz CT molecular complexity index is 1390. The maximum absolute atomic E-state index is 15.4. The molecule has 1 aromatic carbocycles. The van der Waals surface area contributed by atoms with Crippen LogP contribution in [0.2, 0.25) is 0 Å². The standard InChI is InChI=1S/C23H26F2N6O4S/c1-12(27-23(32)35-2)4-7-18-26-9-8-16(28-18)21-20(29-22(30-21)13-5-6-13)15-10-14(24)11-17(19(15)25)31-36(3,33)34/h8-13,31H,4-7H2,1-3H3,(H,27,32)(H,29,30)/t12-/m0/s1. The lowest BCUT2D eigenvalue weighted by molar-refractivity contribution is 0.167. The average Bonchev–Trinajstić information content (AvgIpc) is 3.57. The van der Waals surface area contributed by atoms with Gasteiger partial charge in [-0.2, -0.15) is 0 Å². The lowest BCUT2D eigenvalue weighted by atomic mass is 10.1. The van der Waals surface area contributed by atoms with E-state index in [1.807, 2.05) is 11.6 Å². The Hall–Kier alpha value is -3.61. The molecule has 0 saturated heterocycles. The highest BCUT2D eigenvalue weighted by Gasteiger charge is 2.30. The number of carbonyl (C=O) groups excluding carboxylic acids is 1. The monoisotopic (exact) mass is 520 g/mol. The summed E-state index contributed by atoms with van der Waals surface area (Å²) < 4.78 is 59.7. The van der Waals surface area contributed by atoms with Crippen LogP contribution in [0.15, 0.2) is 24.4 Å². The van der Waals surface area contributed by atoms with Gasteiger partial charge in [0.25, 0.3) is 0 Å². The van der Waals surface area contributed by atoms with E-state index in [-0.39, 0.29) is 23.2 Å². The molecule has 0 unspecified atom stereocenters. The van der Waals surface area contributed by atoms with E-state index in [2.05, 4.69) is 30.0 Å². The summed E-state index contributed by atoms with van der Waals surface area (Å²) in [6, 6.07) is 3.19. The predicted molar refractivity (Wildman–Crippen MR) is 129 cm³/mol. The van der Waals surface area contributed by atoms with Crippen molar-refractivity contribution in [1.82, 2.24) is 25.3 Å². The van der Waals surface area contributed by atoms with E-state index in [0.717, 1.165) is 31.2 Å². The number of sulfonamides is 1. The van der Waals surface area contributed by atoms with Crippen molar-refractivity contribution in [2.75, 3.05) is 18.1 Å². The van der Waals surface area contributed by atoms with Gasteiger partial charge in [0.2, 0.25) is 10.0 Å². The van der Waals surface area contributed by atoms with Crippen molar-refractivity contribution in [2.24, 2.45) is 0 Å². The largest absolute Gasteiger partial charge is 0.453 e. The van der Waals surface area contributed by atoms with Gasteiger partial charge in [-0.1, -0.05) is 0 Å². The van der Waals surface area contributed by atoms with Crippen molar-refractivity contribution in [3.05, 3.63) is 47.7 Å². The first-order chi connectivity index (χ1) is 17.0. The summed E-state index contributed by atoms with van der Waals surface area (Å²) in [7, 11) is -2.56. The second kappa shape index (κ2) is 10.2. The second-order valence-corrected chi connectivity index (χ2v) is 10.5. The molecule has 10 nitrogen and oxygen atoms in total. The molecule has 3 N–H and O–H groups in total. The Kier molecular flexibility index (Phi) is 7.20. The minimum absolute atomic E-state index is 0.121. The van der Waals surface area contributed by atoms with Gasteiger partial charge in [0, 0.05) is 36.2 Å². The average molecular weight is 521 g/mol. The molecule has 1 aliphatic carbocycles. The number of alkyl carbamates (subject to hydrolysis) is 1. The zero-order valence-electron chi connectivity index (χ0n) is 19.9. The Balaban J connectivity index is 1.70. The number of hydrogen-bond donors (Lipinski definition) is 3. The van der Waals surface area contributed by atoms with Gasteiger partial charge in [0.1, 0.15) is 23.2 Å². The molecule has 3 aromatic rings. The SMILES string of the molecule is COC(=O)N[C@@H](C)CCc1nccc(-c2[nH]c(C3CC3)nc2-c2cc(F)cc(NS(C)(=O)=O)c2F)n1. The number of carbonyl (C=O) groups is 1. The fraction of sp³-hybridized carbons (Fsp3) is 0.391. The van der Waals surface area contributed by atoms with Gasteiger partial charge in [-0.15, -0.1) is 0 Å². The van der Waals surface area contributed by atoms with Crippen molar-refractivity contribution in [2.45, 2.75) is 44.6 Å². The minimum atomic E-state index is -3.84. The number of methoxy groups -OCH3 is 1. The fourth-order valence-electron chi connectivity index (χ4n) is 3.69. The first-order valence-corrected chi connectivity index (χ1v) is 13.2. The summed E-state index contributed by atoms with van der Waals surface area (Å²) in [4.78, 5) is 28.0. The van der Waals surface area contributed by atoms with Crippen molar-refractivity contribution in [3.63, 3.8) is 0 Å². The molecule has 4 rings (SSSR count). The van der Waals surface area contributed by atoms with Gasteiger partial charge in [0.15, 0.2) is 5.82 Å². The van der Waals surface area contributed by atoms with Crippen LogP contribution in [0.5, 0.6) is 0 Å². The van der Waals surface area contributed by atoms with Crippen LogP contribution in [0.1, 0.15) is 43.8 Å². The molecule has 2 heterocycles. The Morgan fingerprint density at radius 2 is 2.03 bits per heavy atom. The topological polar surface area (TPSA) is 139 Å². The first-order valence-electron chi connectivity index (χ1n) is 11.3. The molecule has 13 heteroatoms. The zero-order chi connectivity index (χ0) is 26.0. The molecular formula is C23H26F2N6O4S. The number of nitrogens with one attached hydrogen (secondary N) is 3. The van der Waals surface area contributed by atoms with E-state index >= 15 is 4.39 Å². The maximum atomic E-state index is 15.4. The van der Waals surface area contributed by atoms with Crippen LogP contribution in [0.25, 0.3) is 22.6 Å². The van der Waals surface area contributed by atoms with Crippen LogP contribution < -0.4 is 10.0 Å². The highest BCUT2D eigenvalue weighted by atomic mass is 32.2. The number of anilines is 1. The smallest absolute Gasteiger partial charge is 0.407 e. The lowest BCUT2D eigenvalue weighted by Crippen LogP contribution is -2.32. The van der Waals surface area contributed by atoms with Gasteiger partial charge >= 0.3 is 6.09 Å². The molecule has 1 aliphatic rings. The van der Waals surface area contributed by atoms with Gasteiger partial charge < -0.3 is 15.0 Å². The molecule has 1 saturated carbocycles. The van der Waals surface area contributed by atoms with Gasteiger partial charge in [-0.05, 0) is 38.3 Å². The normalized spacial score (nSPS) is 14.4. The van der Waals surface area contributed by atoms with E-state index in [1.54, 1.807) is 12.3 Å². The third-order valence-corrected chi connectivity index (χ3v) is 6.18. The van der Waals surface area contributed by atoms with Crippen molar-refractivity contribution in [3.8, 4) is 22.6 Å². The predicted octanol–water partition coefficient (Wildman–Crippen LogP) is 3.74. The Labute approximate surface area is 207 Å². The van der Waals surface area contributed by atoms with Crippen LogP contribution >= 0.6 is 0 Å². The number of ether oxygens (including phenoxy) is 1. The van der Waals surface area contributed by atoms with E-state index in [9.17, 15) is 17.6 Å². The zero-order valence-corrected chi connectivity index (χ0v) is 20.7. The molecule has 192 valence electrons. The molecule has 0 aliphatic heterocycles. The summed E-state index contributed by atoms with van der Waals surface area (Å²) in [6.07, 6.45) is 4.68. The molecule has 1 amide bonds. The molecule has 36 heavy (non-hydrogen) atoms. The van der Waals surface area contributed by atoms with Crippen LogP contribution in [0.3, 0.4) is 0 Å². The lowest BCUT2D eigenvalue weighted by Gasteiger charge is -2.12. The van der Waals surface area contributed by atoms with E-state index < -0.39 is 33.4 Å². The molecule has 0 spiro atoms. The third-order valence-electron chi connectivity index (χ3n) is 5.59.